The predicted octanol–water partition coefficient (Wildman–Crippen LogP) is 1.59. The molecule has 0 radical (unpaired) electrons. The van der Waals surface area contributed by atoms with Crippen LogP contribution in [0.3, 0.4) is 0 Å². The van der Waals surface area contributed by atoms with Crippen molar-refractivity contribution >= 4 is 11.9 Å². The van der Waals surface area contributed by atoms with Crippen molar-refractivity contribution in [3.8, 4) is 0 Å². The number of carbonyl (C=O) groups excluding carboxylic acids is 1. The quantitative estimate of drug-likeness (QED) is 0.753. The molecule has 1 rings (SSSR count). The number of amides is 1. The third kappa shape index (κ3) is 5.15. The number of aryl methyl sites for hydroxylation is 1. The number of hydrogen-bond acceptors (Lipinski definition) is 2. The van der Waals surface area contributed by atoms with Crippen molar-refractivity contribution in [1.82, 2.24) is 0 Å². The van der Waals surface area contributed by atoms with Crippen LogP contribution in [0.25, 0.3) is 0 Å². The van der Waals surface area contributed by atoms with E-state index in [2.05, 4.69) is 0 Å². The number of carboxylic acid groups (broad SMARTS) is 1. The van der Waals surface area contributed by atoms with E-state index in [9.17, 15) is 9.59 Å². The predicted molar refractivity (Wildman–Crippen MR) is 64.3 cm³/mol. The van der Waals surface area contributed by atoms with Crippen LogP contribution in [-0.2, 0) is 16.0 Å². The maximum absolute atomic E-state index is 11.0. The molecular weight excluding hydrogens is 218 g/mol. The highest BCUT2D eigenvalue weighted by Crippen LogP contribution is 2.15. The minimum Gasteiger partial charge on any atom is -0.481 e. The number of primary amides is 1. The van der Waals surface area contributed by atoms with Gasteiger partial charge >= 0.3 is 5.97 Å². The molecule has 3 N–H and O–H groups in total. The minimum absolute atomic E-state index is 0.131. The van der Waals surface area contributed by atoms with Gasteiger partial charge in [0.1, 0.15) is 0 Å². The Morgan fingerprint density at radius 3 is 2.35 bits per heavy atom. The second-order valence-electron chi connectivity index (χ2n) is 4.06. The van der Waals surface area contributed by atoms with Gasteiger partial charge in [-0.05, 0) is 24.8 Å². The molecular formula is C13H17NO3. The number of nitrogens with two attached hydrogens (primary N) is 1. The third-order valence-electron chi connectivity index (χ3n) is 2.71. The Kier molecular flexibility index (Phi) is 5.20. The Morgan fingerprint density at radius 2 is 1.82 bits per heavy atom. The maximum atomic E-state index is 11.0. The summed E-state index contributed by atoms with van der Waals surface area (Å²) < 4.78 is 0. The van der Waals surface area contributed by atoms with Crippen molar-refractivity contribution in [1.29, 1.82) is 0 Å². The zero-order valence-electron chi connectivity index (χ0n) is 9.63. The van der Waals surface area contributed by atoms with Crippen LogP contribution in [-0.4, -0.2) is 17.0 Å². The number of benzene rings is 1. The molecule has 0 fully saturated rings. The van der Waals surface area contributed by atoms with Gasteiger partial charge in [-0.15, -0.1) is 0 Å². The smallest absolute Gasteiger partial charge is 0.306 e. The van der Waals surface area contributed by atoms with Gasteiger partial charge in [-0.2, -0.15) is 0 Å². The lowest BCUT2D eigenvalue weighted by atomic mass is 9.95. The lowest BCUT2D eigenvalue weighted by Crippen LogP contribution is -2.19. The van der Waals surface area contributed by atoms with Gasteiger partial charge in [0, 0.05) is 6.42 Å². The molecule has 17 heavy (non-hydrogen) atoms. The molecule has 0 saturated heterocycles. The fraction of sp³-hybridized carbons (Fsp3) is 0.385. The van der Waals surface area contributed by atoms with E-state index in [1.807, 2.05) is 30.3 Å². The van der Waals surface area contributed by atoms with Crippen LogP contribution in [0.5, 0.6) is 0 Å². The van der Waals surface area contributed by atoms with Gasteiger partial charge in [-0.1, -0.05) is 30.3 Å². The Morgan fingerprint density at radius 1 is 1.18 bits per heavy atom. The van der Waals surface area contributed by atoms with Gasteiger partial charge in [0.25, 0.3) is 0 Å². The van der Waals surface area contributed by atoms with Gasteiger partial charge < -0.3 is 10.8 Å². The molecule has 92 valence electrons. The topological polar surface area (TPSA) is 80.4 Å². The largest absolute Gasteiger partial charge is 0.481 e. The molecule has 1 aromatic rings. The van der Waals surface area contributed by atoms with E-state index in [-0.39, 0.29) is 6.42 Å². The number of hydrogen-bond donors (Lipinski definition) is 2. The van der Waals surface area contributed by atoms with Crippen molar-refractivity contribution in [2.24, 2.45) is 11.7 Å². The zero-order valence-corrected chi connectivity index (χ0v) is 9.63. The molecule has 0 spiro atoms. The Hall–Kier alpha value is -1.84. The van der Waals surface area contributed by atoms with Crippen molar-refractivity contribution in [2.75, 3.05) is 0 Å². The van der Waals surface area contributed by atoms with E-state index in [0.29, 0.717) is 19.3 Å². The second kappa shape index (κ2) is 6.68. The van der Waals surface area contributed by atoms with E-state index in [0.717, 1.165) is 5.56 Å². The Balaban J connectivity index is 2.45. The lowest BCUT2D eigenvalue weighted by Gasteiger charge is -2.10. The van der Waals surface area contributed by atoms with Crippen LogP contribution in [0.4, 0.5) is 0 Å². The van der Waals surface area contributed by atoms with E-state index in [4.69, 9.17) is 10.8 Å². The third-order valence-corrected chi connectivity index (χ3v) is 2.71. The summed E-state index contributed by atoms with van der Waals surface area (Å²) in [6, 6.07) is 9.70. The summed E-state index contributed by atoms with van der Waals surface area (Å²) in [5, 5.41) is 9.01. The molecule has 0 aliphatic carbocycles. The van der Waals surface area contributed by atoms with Crippen LogP contribution >= 0.6 is 0 Å². The fourth-order valence-corrected chi connectivity index (χ4v) is 1.69. The molecule has 1 amide bonds. The Labute approximate surface area is 100 Å². The van der Waals surface area contributed by atoms with E-state index >= 15 is 0 Å². The van der Waals surface area contributed by atoms with E-state index in [1.54, 1.807) is 0 Å². The summed E-state index contributed by atoms with van der Waals surface area (Å²) in [6.07, 6.45) is 1.69. The van der Waals surface area contributed by atoms with Crippen molar-refractivity contribution in [2.45, 2.75) is 25.7 Å². The normalized spacial score (nSPS) is 12.0. The lowest BCUT2D eigenvalue weighted by molar-refractivity contribution is -0.142. The molecule has 0 aliphatic rings. The van der Waals surface area contributed by atoms with Gasteiger partial charge in [0.2, 0.25) is 5.91 Å². The Bertz CT molecular complexity index is 376. The summed E-state index contributed by atoms with van der Waals surface area (Å²) in [6.45, 7) is 0. The zero-order chi connectivity index (χ0) is 12.7. The average molecular weight is 235 g/mol. The molecule has 1 unspecified atom stereocenters. The summed E-state index contributed by atoms with van der Waals surface area (Å²) >= 11 is 0. The number of carboxylic acids is 1. The van der Waals surface area contributed by atoms with E-state index in [1.165, 1.54) is 0 Å². The van der Waals surface area contributed by atoms with Gasteiger partial charge in [0.05, 0.1) is 5.92 Å². The van der Waals surface area contributed by atoms with Crippen LogP contribution in [0.15, 0.2) is 30.3 Å². The first-order valence-corrected chi connectivity index (χ1v) is 5.64. The van der Waals surface area contributed by atoms with Crippen LogP contribution in [0.1, 0.15) is 24.8 Å². The van der Waals surface area contributed by atoms with Crippen LogP contribution < -0.4 is 5.73 Å². The summed E-state index contributed by atoms with van der Waals surface area (Å²) in [7, 11) is 0. The minimum atomic E-state index is -0.859. The molecule has 1 aromatic carbocycles. The first-order valence-electron chi connectivity index (χ1n) is 5.64. The molecule has 0 aromatic heterocycles. The molecule has 0 aliphatic heterocycles. The summed E-state index contributed by atoms with van der Waals surface area (Å²) in [5.74, 6) is -1.80. The SMILES string of the molecule is NC(=O)CCC(CCc1ccccc1)C(=O)O. The summed E-state index contributed by atoms with van der Waals surface area (Å²) in [5.41, 5.74) is 6.13. The number of rotatable bonds is 7. The van der Waals surface area contributed by atoms with Gasteiger partial charge in [-0.25, -0.2) is 0 Å². The number of carbonyl (C=O) groups is 2. The maximum Gasteiger partial charge on any atom is 0.306 e. The van der Waals surface area contributed by atoms with Crippen molar-refractivity contribution in [3.05, 3.63) is 35.9 Å². The van der Waals surface area contributed by atoms with Gasteiger partial charge in [-0.3, -0.25) is 9.59 Å². The van der Waals surface area contributed by atoms with Crippen LogP contribution in [0.2, 0.25) is 0 Å². The highest BCUT2D eigenvalue weighted by atomic mass is 16.4. The van der Waals surface area contributed by atoms with E-state index < -0.39 is 17.8 Å². The van der Waals surface area contributed by atoms with Crippen molar-refractivity contribution < 1.29 is 14.7 Å². The first kappa shape index (κ1) is 13.2. The molecule has 0 heterocycles. The highest BCUT2D eigenvalue weighted by Gasteiger charge is 2.17. The average Bonchev–Trinajstić information content (AvgIpc) is 2.29. The molecule has 1 atom stereocenters. The van der Waals surface area contributed by atoms with Crippen LogP contribution in [0, 0.1) is 5.92 Å². The fourth-order valence-electron chi connectivity index (χ4n) is 1.69. The van der Waals surface area contributed by atoms with Crippen molar-refractivity contribution in [3.63, 3.8) is 0 Å². The monoisotopic (exact) mass is 235 g/mol. The van der Waals surface area contributed by atoms with Gasteiger partial charge in [0.15, 0.2) is 0 Å². The molecule has 0 saturated carbocycles. The summed E-state index contributed by atoms with van der Waals surface area (Å²) in [4.78, 5) is 21.6. The first-order chi connectivity index (χ1) is 8.09. The standard InChI is InChI=1S/C13H17NO3/c14-12(15)9-8-11(13(16)17)7-6-10-4-2-1-3-5-10/h1-5,11H,6-9H2,(H2,14,15)(H,16,17). The number of aliphatic carboxylic acids is 1. The second-order valence-corrected chi connectivity index (χ2v) is 4.06. The molecule has 0 bridgehead atoms. The molecule has 4 nitrogen and oxygen atoms in total. The highest BCUT2D eigenvalue weighted by molar-refractivity contribution is 5.75. The molecule has 4 heteroatoms.